The third-order valence-corrected chi connectivity index (χ3v) is 4.22. The molecule has 0 aliphatic carbocycles. The SMILES string of the molecule is CC(C)C[C@H](CN)CC(=O)N1CCCSCC1. The zero-order chi connectivity index (χ0) is 12.7. The molecule has 17 heavy (non-hydrogen) atoms. The predicted octanol–water partition coefficient (Wildman–Crippen LogP) is 1.96. The molecule has 1 saturated heterocycles. The molecule has 1 aliphatic rings. The molecule has 1 atom stereocenters. The van der Waals surface area contributed by atoms with Gasteiger partial charge in [-0.25, -0.2) is 0 Å². The van der Waals surface area contributed by atoms with Crippen LogP contribution in [0.25, 0.3) is 0 Å². The molecule has 0 bridgehead atoms. The third-order valence-electron chi connectivity index (χ3n) is 3.18. The van der Waals surface area contributed by atoms with Crippen molar-refractivity contribution in [1.29, 1.82) is 0 Å². The first kappa shape index (κ1) is 14.8. The fourth-order valence-electron chi connectivity index (χ4n) is 2.30. The highest BCUT2D eigenvalue weighted by Gasteiger charge is 2.20. The van der Waals surface area contributed by atoms with E-state index >= 15 is 0 Å². The molecule has 0 radical (unpaired) electrons. The maximum Gasteiger partial charge on any atom is 0.222 e. The Balaban J connectivity index is 2.39. The molecule has 0 unspecified atom stereocenters. The minimum Gasteiger partial charge on any atom is -0.342 e. The molecular formula is C13H26N2OS. The number of hydrogen-bond acceptors (Lipinski definition) is 3. The van der Waals surface area contributed by atoms with Gasteiger partial charge in [-0.1, -0.05) is 13.8 Å². The Labute approximate surface area is 109 Å². The van der Waals surface area contributed by atoms with Crippen molar-refractivity contribution in [3.63, 3.8) is 0 Å². The van der Waals surface area contributed by atoms with Crippen molar-refractivity contribution in [2.45, 2.75) is 33.1 Å². The highest BCUT2D eigenvalue weighted by molar-refractivity contribution is 7.99. The summed E-state index contributed by atoms with van der Waals surface area (Å²) in [5, 5.41) is 0. The van der Waals surface area contributed by atoms with Crippen LogP contribution in [0, 0.1) is 11.8 Å². The van der Waals surface area contributed by atoms with Crippen molar-refractivity contribution in [3.05, 3.63) is 0 Å². The summed E-state index contributed by atoms with van der Waals surface area (Å²) in [7, 11) is 0. The predicted molar refractivity (Wildman–Crippen MR) is 75.1 cm³/mol. The van der Waals surface area contributed by atoms with Gasteiger partial charge in [0.15, 0.2) is 0 Å². The molecule has 1 rings (SSSR count). The van der Waals surface area contributed by atoms with E-state index < -0.39 is 0 Å². The Hall–Kier alpha value is -0.220. The van der Waals surface area contributed by atoms with Crippen molar-refractivity contribution in [3.8, 4) is 0 Å². The normalized spacial score (nSPS) is 19.2. The summed E-state index contributed by atoms with van der Waals surface area (Å²) >= 11 is 1.95. The molecule has 0 spiro atoms. The number of nitrogens with zero attached hydrogens (tertiary/aromatic N) is 1. The molecule has 0 aromatic carbocycles. The molecule has 0 saturated carbocycles. The van der Waals surface area contributed by atoms with Gasteiger partial charge in [0.2, 0.25) is 5.91 Å². The largest absolute Gasteiger partial charge is 0.342 e. The maximum atomic E-state index is 12.2. The lowest BCUT2D eigenvalue weighted by atomic mass is 9.94. The number of amides is 1. The Kier molecular flexibility index (Phi) is 6.97. The van der Waals surface area contributed by atoms with Gasteiger partial charge >= 0.3 is 0 Å². The quantitative estimate of drug-likeness (QED) is 0.820. The number of thioether (sulfide) groups is 1. The molecule has 2 N–H and O–H groups in total. The first-order valence-corrected chi connectivity index (χ1v) is 7.84. The molecular weight excluding hydrogens is 232 g/mol. The molecule has 1 aliphatic heterocycles. The summed E-state index contributed by atoms with van der Waals surface area (Å²) in [4.78, 5) is 14.2. The van der Waals surface area contributed by atoms with Gasteiger partial charge in [0.05, 0.1) is 0 Å². The van der Waals surface area contributed by atoms with E-state index in [0.29, 0.717) is 30.7 Å². The molecule has 4 heteroatoms. The van der Waals surface area contributed by atoms with Crippen LogP contribution in [-0.2, 0) is 4.79 Å². The van der Waals surface area contributed by atoms with Crippen molar-refractivity contribution < 1.29 is 4.79 Å². The van der Waals surface area contributed by atoms with Crippen LogP contribution in [0.1, 0.15) is 33.1 Å². The van der Waals surface area contributed by atoms with E-state index in [1.807, 2.05) is 16.7 Å². The summed E-state index contributed by atoms with van der Waals surface area (Å²) in [6.07, 6.45) is 2.83. The topological polar surface area (TPSA) is 46.3 Å². The van der Waals surface area contributed by atoms with Gasteiger partial charge in [-0.2, -0.15) is 11.8 Å². The first-order chi connectivity index (χ1) is 8.13. The highest BCUT2D eigenvalue weighted by atomic mass is 32.2. The fraction of sp³-hybridized carbons (Fsp3) is 0.923. The third kappa shape index (κ3) is 5.77. The summed E-state index contributed by atoms with van der Waals surface area (Å²) in [6.45, 7) is 6.87. The van der Waals surface area contributed by atoms with Gasteiger partial charge in [0, 0.05) is 25.3 Å². The Morgan fingerprint density at radius 2 is 2.12 bits per heavy atom. The second-order valence-corrected chi connectivity index (χ2v) is 6.51. The van der Waals surface area contributed by atoms with Gasteiger partial charge in [0.25, 0.3) is 0 Å². The van der Waals surface area contributed by atoms with Gasteiger partial charge < -0.3 is 10.6 Å². The van der Waals surface area contributed by atoms with E-state index in [0.717, 1.165) is 31.7 Å². The molecule has 3 nitrogen and oxygen atoms in total. The van der Waals surface area contributed by atoms with E-state index in [1.54, 1.807) is 0 Å². The molecule has 1 amide bonds. The fourth-order valence-corrected chi connectivity index (χ4v) is 3.19. The lowest BCUT2D eigenvalue weighted by Crippen LogP contribution is -2.35. The van der Waals surface area contributed by atoms with Crippen LogP contribution in [0.15, 0.2) is 0 Å². The lowest BCUT2D eigenvalue weighted by molar-refractivity contribution is -0.132. The van der Waals surface area contributed by atoms with Crippen molar-refractivity contribution in [2.75, 3.05) is 31.1 Å². The van der Waals surface area contributed by atoms with Crippen LogP contribution >= 0.6 is 11.8 Å². The molecule has 100 valence electrons. The number of rotatable bonds is 5. The monoisotopic (exact) mass is 258 g/mol. The number of carbonyl (C=O) groups is 1. The van der Waals surface area contributed by atoms with Gasteiger partial charge in [-0.05, 0) is 37.0 Å². The minimum absolute atomic E-state index is 0.309. The summed E-state index contributed by atoms with van der Waals surface area (Å²) in [5.41, 5.74) is 5.75. The lowest BCUT2D eigenvalue weighted by Gasteiger charge is -2.23. The Bertz CT molecular complexity index is 225. The molecule has 1 heterocycles. The van der Waals surface area contributed by atoms with E-state index in [9.17, 15) is 4.79 Å². The number of carbonyl (C=O) groups excluding carboxylic acids is 1. The summed E-state index contributed by atoms with van der Waals surface area (Å²) in [6, 6.07) is 0. The van der Waals surface area contributed by atoms with Crippen molar-refractivity contribution in [2.24, 2.45) is 17.6 Å². The van der Waals surface area contributed by atoms with Crippen LogP contribution in [-0.4, -0.2) is 41.9 Å². The number of nitrogens with two attached hydrogens (primary N) is 1. The average Bonchev–Trinajstić information content (AvgIpc) is 2.55. The van der Waals surface area contributed by atoms with Crippen LogP contribution in [0.2, 0.25) is 0 Å². The van der Waals surface area contributed by atoms with Crippen molar-refractivity contribution in [1.82, 2.24) is 4.90 Å². The van der Waals surface area contributed by atoms with E-state index in [2.05, 4.69) is 13.8 Å². The highest BCUT2D eigenvalue weighted by Crippen LogP contribution is 2.17. The first-order valence-electron chi connectivity index (χ1n) is 6.69. The van der Waals surface area contributed by atoms with E-state index in [4.69, 9.17) is 5.73 Å². The van der Waals surface area contributed by atoms with Crippen molar-refractivity contribution >= 4 is 17.7 Å². The van der Waals surface area contributed by atoms with E-state index in [1.165, 1.54) is 5.75 Å². The minimum atomic E-state index is 0.309. The van der Waals surface area contributed by atoms with Crippen LogP contribution in [0.4, 0.5) is 0 Å². The van der Waals surface area contributed by atoms with Crippen LogP contribution in [0.3, 0.4) is 0 Å². The van der Waals surface area contributed by atoms with E-state index in [-0.39, 0.29) is 0 Å². The zero-order valence-electron chi connectivity index (χ0n) is 11.2. The number of hydrogen-bond donors (Lipinski definition) is 1. The Morgan fingerprint density at radius 3 is 2.76 bits per heavy atom. The second-order valence-electron chi connectivity index (χ2n) is 5.28. The van der Waals surface area contributed by atoms with Crippen LogP contribution in [0.5, 0.6) is 0 Å². The molecule has 0 aromatic rings. The maximum absolute atomic E-state index is 12.2. The summed E-state index contributed by atoms with van der Waals surface area (Å²) in [5.74, 6) is 3.57. The zero-order valence-corrected chi connectivity index (χ0v) is 12.0. The average molecular weight is 258 g/mol. The molecule has 0 aromatic heterocycles. The summed E-state index contributed by atoms with van der Waals surface area (Å²) < 4.78 is 0. The van der Waals surface area contributed by atoms with Crippen LogP contribution < -0.4 is 5.73 Å². The molecule has 1 fully saturated rings. The standard InChI is InChI=1S/C13H26N2OS/c1-11(2)8-12(10-14)9-13(16)15-4-3-6-17-7-5-15/h11-12H,3-10,14H2,1-2H3/t12-/m0/s1. The second kappa shape index (κ2) is 7.98. The van der Waals surface area contributed by atoms with Gasteiger partial charge in [-0.15, -0.1) is 0 Å². The Morgan fingerprint density at radius 1 is 1.35 bits per heavy atom. The smallest absolute Gasteiger partial charge is 0.222 e. The van der Waals surface area contributed by atoms with Gasteiger partial charge in [0.1, 0.15) is 0 Å². The van der Waals surface area contributed by atoms with Gasteiger partial charge in [-0.3, -0.25) is 4.79 Å².